The second-order valence-corrected chi connectivity index (χ2v) is 9.04. The lowest BCUT2D eigenvalue weighted by atomic mass is 9.52. The van der Waals surface area contributed by atoms with Gasteiger partial charge in [-0.1, -0.05) is 20.3 Å². The van der Waals surface area contributed by atoms with Gasteiger partial charge >= 0.3 is 0 Å². The summed E-state index contributed by atoms with van der Waals surface area (Å²) in [5, 5.41) is 3.84. The summed E-state index contributed by atoms with van der Waals surface area (Å²) in [4.78, 5) is 2.99. The highest BCUT2D eigenvalue weighted by molar-refractivity contribution is 5.09. The number of hydrogen-bond acceptors (Lipinski definition) is 2. The van der Waals surface area contributed by atoms with E-state index in [1.807, 2.05) is 0 Å². The zero-order chi connectivity index (χ0) is 14.6. The van der Waals surface area contributed by atoms with Gasteiger partial charge in [-0.15, -0.1) is 0 Å². The Morgan fingerprint density at radius 1 is 1.10 bits per heavy atom. The molecule has 21 heavy (non-hydrogen) atoms. The SMILES string of the molecule is CCC(C)C1CN(C23CC4CC(CC(C4)C2)C3)C(C)CN1. The highest BCUT2D eigenvalue weighted by Gasteiger charge is 2.55. The maximum absolute atomic E-state index is 3.84. The standard InChI is InChI=1S/C19H34N2/c1-4-13(2)18-12-21(14(3)11-20-18)19-8-15-5-16(9-19)7-17(6-15)10-19/h13-18,20H,4-12H2,1-3H3. The highest BCUT2D eigenvalue weighted by Crippen LogP contribution is 2.58. The van der Waals surface area contributed by atoms with E-state index in [2.05, 4.69) is 31.0 Å². The van der Waals surface area contributed by atoms with Gasteiger partial charge in [0.25, 0.3) is 0 Å². The zero-order valence-corrected chi connectivity index (χ0v) is 14.3. The number of nitrogens with one attached hydrogen (secondary N) is 1. The number of nitrogens with zero attached hydrogens (tertiary/aromatic N) is 1. The third-order valence-electron chi connectivity index (χ3n) is 7.55. The molecule has 1 saturated heterocycles. The van der Waals surface area contributed by atoms with E-state index in [9.17, 15) is 0 Å². The molecule has 4 bridgehead atoms. The van der Waals surface area contributed by atoms with Crippen LogP contribution in [-0.4, -0.2) is 35.6 Å². The van der Waals surface area contributed by atoms with Crippen molar-refractivity contribution in [3.8, 4) is 0 Å². The van der Waals surface area contributed by atoms with Crippen molar-refractivity contribution >= 4 is 0 Å². The smallest absolute Gasteiger partial charge is 0.0221 e. The molecule has 2 heteroatoms. The molecule has 4 aliphatic carbocycles. The second-order valence-electron chi connectivity index (χ2n) is 9.04. The normalized spacial score (nSPS) is 51.3. The molecule has 120 valence electrons. The first-order valence-electron chi connectivity index (χ1n) is 9.60. The van der Waals surface area contributed by atoms with E-state index in [1.54, 1.807) is 19.3 Å². The average molecular weight is 290 g/mol. The first-order valence-corrected chi connectivity index (χ1v) is 9.60. The molecule has 4 saturated carbocycles. The molecular weight excluding hydrogens is 256 g/mol. The minimum Gasteiger partial charge on any atom is -0.311 e. The molecule has 0 amide bonds. The van der Waals surface area contributed by atoms with Crippen LogP contribution in [0.25, 0.3) is 0 Å². The molecule has 0 aromatic rings. The third-order valence-corrected chi connectivity index (χ3v) is 7.55. The number of rotatable bonds is 3. The lowest BCUT2D eigenvalue weighted by molar-refractivity contribution is -0.114. The Hall–Kier alpha value is -0.0800. The van der Waals surface area contributed by atoms with Crippen molar-refractivity contribution in [3.63, 3.8) is 0 Å². The van der Waals surface area contributed by atoms with Crippen LogP contribution in [0.15, 0.2) is 0 Å². The number of piperazine rings is 1. The largest absolute Gasteiger partial charge is 0.311 e. The van der Waals surface area contributed by atoms with E-state index in [0.29, 0.717) is 5.54 Å². The van der Waals surface area contributed by atoms with Crippen LogP contribution in [0, 0.1) is 23.7 Å². The summed E-state index contributed by atoms with van der Waals surface area (Å²) in [6, 6.07) is 1.46. The predicted octanol–water partition coefficient (Wildman–Crippen LogP) is 3.66. The van der Waals surface area contributed by atoms with E-state index in [-0.39, 0.29) is 0 Å². The highest BCUT2D eigenvalue weighted by atomic mass is 15.3. The minimum absolute atomic E-state index is 0.599. The Morgan fingerprint density at radius 3 is 2.19 bits per heavy atom. The molecule has 0 spiro atoms. The Morgan fingerprint density at radius 2 is 1.67 bits per heavy atom. The van der Waals surface area contributed by atoms with Crippen LogP contribution < -0.4 is 5.32 Å². The molecular formula is C19H34N2. The second kappa shape index (κ2) is 5.23. The summed E-state index contributed by atoms with van der Waals surface area (Å²) in [5.41, 5.74) is 0.599. The summed E-state index contributed by atoms with van der Waals surface area (Å²) < 4.78 is 0. The van der Waals surface area contributed by atoms with Crippen LogP contribution in [0.4, 0.5) is 0 Å². The molecule has 2 nitrogen and oxygen atoms in total. The molecule has 0 radical (unpaired) electrons. The van der Waals surface area contributed by atoms with E-state index >= 15 is 0 Å². The molecule has 1 N–H and O–H groups in total. The summed E-state index contributed by atoms with van der Waals surface area (Å²) in [6.07, 6.45) is 10.6. The van der Waals surface area contributed by atoms with Crippen molar-refractivity contribution < 1.29 is 0 Å². The Kier molecular flexibility index (Phi) is 3.61. The van der Waals surface area contributed by atoms with Gasteiger partial charge in [-0.3, -0.25) is 4.90 Å². The first-order chi connectivity index (χ1) is 10.1. The van der Waals surface area contributed by atoms with E-state index < -0.39 is 0 Å². The van der Waals surface area contributed by atoms with E-state index in [1.165, 1.54) is 38.8 Å². The molecule has 3 unspecified atom stereocenters. The van der Waals surface area contributed by atoms with Crippen LogP contribution in [-0.2, 0) is 0 Å². The zero-order valence-electron chi connectivity index (χ0n) is 14.3. The van der Waals surface area contributed by atoms with Gasteiger partial charge in [0.1, 0.15) is 0 Å². The first kappa shape index (κ1) is 14.5. The maximum atomic E-state index is 3.84. The molecule has 1 aliphatic heterocycles. The molecule has 0 aromatic carbocycles. The van der Waals surface area contributed by atoms with Crippen LogP contribution in [0.2, 0.25) is 0 Å². The minimum atomic E-state index is 0.599. The molecule has 5 aliphatic rings. The van der Waals surface area contributed by atoms with Gasteiger partial charge in [0.15, 0.2) is 0 Å². The monoisotopic (exact) mass is 290 g/mol. The average Bonchev–Trinajstić information content (AvgIpc) is 2.45. The van der Waals surface area contributed by atoms with Crippen molar-refractivity contribution in [1.29, 1.82) is 0 Å². The predicted molar refractivity (Wildman–Crippen MR) is 88.3 cm³/mol. The third kappa shape index (κ3) is 2.37. The molecule has 0 aromatic heterocycles. The van der Waals surface area contributed by atoms with Crippen LogP contribution >= 0.6 is 0 Å². The van der Waals surface area contributed by atoms with Crippen LogP contribution in [0.5, 0.6) is 0 Å². The van der Waals surface area contributed by atoms with Gasteiger partial charge in [-0.25, -0.2) is 0 Å². The van der Waals surface area contributed by atoms with Crippen LogP contribution in [0.3, 0.4) is 0 Å². The Labute approximate surface area is 131 Å². The van der Waals surface area contributed by atoms with Gasteiger partial charge in [0.2, 0.25) is 0 Å². The fourth-order valence-electron chi connectivity index (χ4n) is 6.63. The van der Waals surface area contributed by atoms with Crippen LogP contribution in [0.1, 0.15) is 65.7 Å². The molecule has 3 atom stereocenters. The quantitative estimate of drug-likeness (QED) is 0.853. The molecule has 5 fully saturated rings. The van der Waals surface area contributed by atoms with Crippen molar-refractivity contribution in [3.05, 3.63) is 0 Å². The van der Waals surface area contributed by atoms with Gasteiger partial charge in [-0.2, -0.15) is 0 Å². The van der Waals surface area contributed by atoms with Crippen molar-refractivity contribution in [2.75, 3.05) is 13.1 Å². The van der Waals surface area contributed by atoms with E-state index in [4.69, 9.17) is 0 Å². The van der Waals surface area contributed by atoms with Gasteiger partial charge in [-0.05, 0) is 69.1 Å². The van der Waals surface area contributed by atoms with Gasteiger partial charge < -0.3 is 5.32 Å². The number of hydrogen-bond donors (Lipinski definition) is 1. The van der Waals surface area contributed by atoms with Gasteiger partial charge in [0.05, 0.1) is 0 Å². The summed E-state index contributed by atoms with van der Waals surface area (Å²) in [6.45, 7) is 9.77. The van der Waals surface area contributed by atoms with Crippen molar-refractivity contribution in [1.82, 2.24) is 10.2 Å². The summed E-state index contributed by atoms with van der Waals surface area (Å²) >= 11 is 0. The maximum Gasteiger partial charge on any atom is 0.0221 e. The fraction of sp³-hybridized carbons (Fsp3) is 1.00. The fourth-order valence-corrected chi connectivity index (χ4v) is 6.63. The Bertz CT molecular complexity index is 356. The van der Waals surface area contributed by atoms with Gasteiger partial charge in [0, 0.05) is 30.7 Å². The molecule has 5 rings (SSSR count). The lowest BCUT2D eigenvalue weighted by Gasteiger charge is -2.63. The van der Waals surface area contributed by atoms with Crippen molar-refractivity contribution in [2.24, 2.45) is 23.7 Å². The van der Waals surface area contributed by atoms with Crippen molar-refractivity contribution in [2.45, 2.75) is 83.3 Å². The Balaban J connectivity index is 1.56. The van der Waals surface area contributed by atoms with E-state index in [0.717, 1.165) is 35.8 Å². The lowest BCUT2D eigenvalue weighted by Crippen LogP contribution is -2.68. The summed E-state index contributed by atoms with van der Waals surface area (Å²) in [7, 11) is 0. The molecule has 1 heterocycles. The summed E-state index contributed by atoms with van der Waals surface area (Å²) in [5.74, 6) is 4.02. The topological polar surface area (TPSA) is 15.3 Å².